The van der Waals surface area contributed by atoms with E-state index >= 15 is 0 Å². The highest BCUT2D eigenvalue weighted by molar-refractivity contribution is 6.05. The zero-order valence-electron chi connectivity index (χ0n) is 13.2. The van der Waals surface area contributed by atoms with E-state index < -0.39 is 0 Å². The molecular weight excluding hydrogens is 298 g/mol. The van der Waals surface area contributed by atoms with Crippen LogP contribution < -0.4 is 16.6 Å². The van der Waals surface area contributed by atoms with Crippen molar-refractivity contribution in [2.24, 2.45) is 5.73 Å². The quantitative estimate of drug-likeness (QED) is 0.386. The van der Waals surface area contributed by atoms with Crippen molar-refractivity contribution in [2.45, 2.75) is 12.7 Å². The summed E-state index contributed by atoms with van der Waals surface area (Å²) in [6, 6.07) is 24.2. The summed E-state index contributed by atoms with van der Waals surface area (Å²) in [4.78, 5) is 0. The van der Waals surface area contributed by atoms with Gasteiger partial charge in [-0.15, -0.1) is 0 Å². The molecule has 120 valence electrons. The van der Waals surface area contributed by atoms with Gasteiger partial charge in [0.15, 0.2) is 0 Å². The van der Waals surface area contributed by atoms with Crippen molar-refractivity contribution in [2.75, 3.05) is 0 Å². The van der Waals surface area contributed by atoms with Gasteiger partial charge in [-0.05, 0) is 11.6 Å². The summed E-state index contributed by atoms with van der Waals surface area (Å²) in [5.74, 6) is 0. The number of benzene rings is 3. The van der Waals surface area contributed by atoms with Crippen molar-refractivity contribution >= 4 is 21.9 Å². The lowest BCUT2D eigenvalue weighted by Crippen LogP contribution is -2.39. The topological polar surface area (TPSA) is 63.2 Å². The Kier molecular flexibility index (Phi) is 4.01. The van der Waals surface area contributed by atoms with Crippen molar-refractivity contribution < 1.29 is 4.42 Å². The standard InChI is InChI=1S/C20H19N3O/c21-20(14-7-2-1-3-8-14)23-22-13-15-9-6-11-17-16-10-4-5-12-18(16)24-19(15)17/h1-12,20,22-23H,13,21H2. The van der Waals surface area contributed by atoms with E-state index in [0.29, 0.717) is 6.54 Å². The normalized spacial score (nSPS) is 12.7. The number of nitrogens with one attached hydrogen (secondary N) is 2. The van der Waals surface area contributed by atoms with Crippen LogP contribution in [-0.2, 0) is 6.54 Å². The Morgan fingerprint density at radius 3 is 2.46 bits per heavy atom. The highest BCUT2D eigenvalue weighted by Gasteiger charge is 2.10. The molecule has 0 radical (unpaired) electrons. The van der Waals surface area contributed by atoms with Gasteiger partial charge in [-0.3, -0.25) is 5.43 Å². The van der Waals surface area contributed by atoms with E-state index in [4.69, 9.17) is 10.2 Å². The predicted octanol–water partition coefficient (Wildman–Crippen LogP) is 3.84. The molecule has 0 aliphatic heterocycles. The van der Waals surface area contributed by atoms with Crippen LogP contribution in [-0.4, -0.2) is 0 Å². The second-order valence-corrected chi connectivity index (χ2v) is 5.78. The van der Waals surface area contributed by atoms with Gasteiger partial charge in [0.05, 0.1) is 6.17 Å². The summed E-state index contributed by atoms with van der Waals surface area (Å²) in [5, 5.41) is 2.28. The number of furan rings is 1. The zero-order chi connectivity index (χ0) is 16.4. The summed E-state index contributed by atoms with van der Waals surface area (Å²) in [7, 11) is 0. The van der Waals surface area contributed by atoms with Crippen LogP contribution >= 0.6 is 0 Å². The number of hydrazine groups is 1. The van der Waals surface area contributed by atoms with Gasteiger partial charge >= 0.3 is 0 Å². The first-order chi connectivity index (χ1) is 11.8. The minimum Gasteiger partial charge on any atom is -0.456 e. The molecule has 4 heteroatoms. The molecule has 0 saturated carbocycles. The smallest absolute Gasteiger partial charge is 0.139 e. The second kappa shape index (κ2) is 6.45. The molecular formula is C20H19N3O. The highest BCUT2D eigenvalue weighted by atomic mass is 16.3. The number of hydrogen-bond donors (Lipinski definition) is 3. The van der Waals surface area contributed by atoms with E-state index in [-0.39, 0.29) is 6.17 Å². The molecule has 0 bridgehead atoms. The minimum absolute atomic E-state index is 0.263. The summed E-state index contributed by atoms with van der Waals surface area (Å²) in [6.45, 7) is 0.623. The fourth-order valence-electron chi connectivity index (χ4n) is 2.94. The average molecular weight is 317 g/mol. The molecule has 24 heavy (non-hydrogen) atoms. The Morgan fingerprint density at radius 1 is 0.833 bits per heavy atom. The molecule has 0 spiro atoms. The fourth-order valence-corrected chi connectivity index (χ4v) is 2.94. The lowest BCUT2D eigenvalue weighted by Gasteiger charge is -2.15. The van der Waals surface area contributed by atoms with Crippen LogP contribution in [0.5, 0.6) is 0 Å². The molecule has 4 rings (SSSR count). The van der Waals surface area contributed by atoms with Crippen LogP contribution in [0.15, 0.2) is 77.2 Å². The molecule has 0 fully saturated rings. The molecule has 1 unspecified atom stereocenters. The third-order valence-corrected chi connectivity index (χ3v) is 4.18. The second-order valence-electron chi connectivity index (χ2n) is 5.78. The number of hydrogen-bond acceptors (Lipinski definition) is 4. The van der Waals surface area contributed by atoms with E-state index in [1.807, 2.05) is 48.5 Å². The van der Waals surface area contributed by atoms with Crippen LogP contribution in [0.4, 0.5) is 0 Å². The number of fused-ring (bicyclic) bond motifs is 3. The van der Waals surface area contributed by atoms with Gasteiger partial charge in [0, 0.05) is 22.9 Å². The van der Waals surface area contributed by atoms with Gasteiger partial charge in [-0.1, -0.05) is 66.7 Å². The Labute approximate surface area is 140 Å². The Bertz CT molecular complexity index is 962. The summed E-state index contributed by atoms with van der Waals surface area (Å²) < 4.78 is 6.03. The Balaban J connectivity index is 1.53. The van der Waals surface area contributed by atoms with Crippen LogP contribution in [0, 0.1) is 0 Å². The molecule has 4 N–H and O–H groups in total. The summed E-state index contributed by atoms with van der Waals surface area (Å²) in [6.07, 6.45) is -0.263. The molecule has 1 atom stereocenters. The van der Waals surface area contributed by atoms with Crippen molar-refractivity contribution in [3.8, 4) is 0 Å². The first kappa shape index (κ1) is 14.9. The SMILES string of the molecule is NC(NNCc1cccc2c1oc1ccccc12)c1ccccc1. The fraction of sp³-hybridized carbons (Fsp3) is 0.100. The van der Waals surface area contributed by atoms with Gasteiger partial charge in [-0.2, -0.15) is 0 Å². The van der Waals surface area contributed by atoms with Gasteiger partial charge < -0.3 is 10.2 Å². The van der Waals surface area contributed by atoms with Gasteiger partial charge in [0.1, 0.15) is 11.2 Å². The first-order valence-electron chi connectivity index (χ1n) is 8.01. The van der Waals surface area contributed by atoms with Crippen LogP contribution in [0.2, 0.25) is 0 Å². The number of para-hydroxylation sites is 2. The molecule has 4 nitrogen and oxygen atoms in total. The molecule has 0 saturated heterocycles. The van der Waals surface area contributed by atoms with Crippen molar-refractivity contribution in [3.63, 3.8) is 0 Å². The third kappa shape index (κ3) is 2.78. The monoisotopic (exact) mass is 317 g/mol. The van der Waals surface area contributed by atoms with E-state index in [1.54, 1.807) is 0 Å². The van der Waals surface area contributed by atoms with Crippen LogP contribution in [0.25, 0.3) is 21.9 Å². The predicted molar refractivity (Wildman–Crippen MR) is 97.1 cm³/mol. The number of rotatable bonds is 5. The van der Waals surface area contributed by atoms with Crippen molar-refractivity contribution in [3.05, 3.63) is 83.9 Å². The summed E-state index contributed by atoms with van der Waals surface area (Å²) >= 11 is 0. The van der Waals surface area contributed by atoms with E-state index in [1.165, 1.54) is 0 Å². The van der Waals surface area contributed by atoms with Gasteiger partial charge in [0.2, 0.25) is 0 Å². The van der Waals surface area contributed by atoms with Crippen molar-refractivity contribution in [1.29, 1.82) is 0 Å². The lowest BCUT2D eigenvalue weighted by molar-refractivity contribution is 0.446. The zero-order valence-corrected chi connectivity index (χ0v) is 13.2. The van der Waals surface area contributed by atoms with Crippen LogP contribution in [0.3, 0.4) is 0 Å². The molecule has 0 aliphatic carbocycles. The highest BCUT2D eigenvalue weighted by Crippen LogP contribution is 2.30. The minimum atomic E-state index is -0.263. The Morgan fingerprint density at radius 2 is 1.58 bits per heavy atom. The van der Waals surface area contributed by atoms with Gasteiger partial charge in [-0.25, -0.2) is 5.43 Å². The van der Waals surface area contributed by atoms with E-state index in [0.717, 1.165) is 33.1 Å². The molecule has 4 aromatic rings. The molecule has 3 aromatic carbocycles. The van der Waals surface area contributed by atoms with Gasteiger partial charge in [0.25, 0.3) is 0 Å². The number of nitrogens with two attached hydrogens (primary N) is 1. The first-order valence-corrected chi connectivity index (χ1v) is 8.01. The molecule has 0 amide bonds. The largest absolute Gasteiger partial charge is 0.456 e. The van der Waals surface area contributed by atoms with E-state index in [9.17, 15) is 0 Å². The average Bonchev–Trinajstić information content (AvgIpc) is 3.02. The maximum Gasteiger partial charge on any atom is 0.139 e. The maximum absolute atomic E-state index is 6.14. The Hall–Kier alpha value is -2.66. The molecule has 1 heterocycles. The van der Waals surface area contributed by atoms with Crippen LogP contribution in [0.1, 0.15) is 17.3 Å². The van der Waals surface area contributed by atoms with Crippen molar-refractivity contribution in [1.82, 2.24) is 10.9 Å². The summed E-state index contributed by atoms with van der Waals surface area (Å²) in [5.41, 5.74) is 16.4. The maximum atomic E-state index is 6.14. The lowest BCUT2D eigenvalue weighted by atomic mass is 10.1. The molecule has 1 aromatic heterocycles. The third-order valence-electron chi connectivity index (χ3n) is 4.18. The molecule has 0 aliphatic rings. The van der Waals surface area contributed by atoms with E-state index in [2.05, 4.69) is 35.1 Å².